The van der Waals surface area contributed by atoms with Crippen LogP contribution >= 0.6 is 0 Å². The van der Waals surface area contributed by atoms with Gasteiger partial charge in [0.2, 0.25) is 0 Å². The Labute approximate surface area is 184 Å². The number of carbonyl (C=O) groups is 1. The number of carboxylic acids is 1. The Hall–Kier alpha value is -1.39. The highest BCUT2D eigenvalue weighted by molar-refractivity contribution is 5.92. The highest BCUT2D eigenvalue weighted by Gasteiger charge is 2.61. The van der Waals surface area contributed by atoms with Crippen molar-refractivity contribution in [1.82, 2.24) is 0 Å². The van der Waals surface area contributed by atoms with Crippen LogP contribution in [0.4, 0.5) is 0 Å². The van der Waals surface area contributed by atoms with E-state index in [2.05, 4.69) is 18.2 Å². The van der Waals surface area contributed by atoms with Crippen LogP contribution in [0.3, 0.4) is 0 Å². The molecule has 4 heteroatoms. The van der Waals surface area contributed by atoms with Crippen molar-refractivity contribution in [2.75, 3.05) is 0 Å². The molecule has 3 N–H and O–H groups in total. The summed E-state index contributed by atoms with van der Waals surface area (Å²) in [5.41, 5.74) is 0.917. The maximum atomic E-state index is 12.9. The second-order valence-electron chi connectivity index (χ2n) is 13.0. The fraction of sp³-hybridized carbons (Fsp3) is 0.741. The van der Waals surface area contributed by atoms with Crippen molar-refractivity contribution < 1.29 is 20.1 Å². The molecule has 31 heavy (non-hydrogen) atoms. The Morgan fingerprint density at radius 3 is 1.42 bits per heavy atom. The lowest BCUT2D eigenvalue weighted by molar-refractivity contribution is -0.138. The average Bonchev–Trinajstić information content (AvgIpc) is 2.63. The van der Waals surface area contributed by atoms with Gasteiger partial charge in [-0.3, -0.25) is 0 Å². The number of carboxylic acid groups (broad SMARTS) is 1. The Balaban J connectivity index is 1.39. The molecular formula is C27H34O4. The summed E-state index contributed by atoms with van der Waals surface area (Å²) in [5.74, 6) is 1.29. The van der Waals surface area contributed by atoms with Gasteiger partial charge in [-0.15, -0.1) is 0 Å². The molecule has 0 amide bonds. The van der Waals surface area contributed by atoms with Gasteiger partial charge in [0.25, 0.3) is 0 Å². The van der Waals surface area contributed by atoms with Crippen molar-refractivity contribution in [1.29, 1.82) is 0 Å². The van der Waals surface area contributed by atoms with Crippen LogP contribution in [0.25, 0.3) is 0 Å². The van der Waals surface area contributed by atoms with Crippen molar-refractivity contribution in [3.63, 3.8) is 0 Å². The molecule has 0 heterocycles. The second kappa shape index (κ2) is 5.75. The van der Waals surface area contributed by atoms with Gasteiger partial charge in [0.1, 0.15) is 0 Å². The monoisotopic (exact) mass is 422 g/mol. The molecule has 8 bridgehead atoms. The van der Waals surface area contributed by atoms with E-state index in [1.54, 1.807) is 0 Å². The van der Waals surface area contributed by atoms with E-state index in [1.807, 2.05) is 0 Å². The van der Waals surface area contributed by atoms with Crippen LogP contribution < -0.4 is 0 Å². The molecule has 8 saturated carbocycles. The zero-order chi connectivity index (χ0) is 21.2. The van der Waals surface area contributed by atoms with Gasteiger partial charge in [0, 0.05) is 0 Å². The van der Waals surface area contributed by atoms with Gasteiger partial charge < -0.3 is 15.3 Å². The molecule has 166 valence electrons. The Kier molecular flexibility index (Phi) is 3.54. The lowest BCUT2D eigenvalue weighted by atomic mass is 9.44. The molecule has 4 unspecified atom stereocenters. The van der Waals surface area contributed by atoms with E-state index in [9.17, 15) is 20.1 Å². The fourth-order valence-electron chi connectivity index (χ4n) is 10.7. The molecule has 8 aliphatic rings. The first-order valence-electron chi connectivity index (χ1n) is 12.5. The predicted octanol–water partition coefficient (Wildman–Crippen LogP) is 4.55. The molecule has 8 fully saturated rings. The highest BCUT2D eigenvalue weighted by atomic mass is 16.4. The predicted molar refractivity (Wildman–Crippen MR) is 116 cm³/mol. The molecule has 8 aliphatic carbocycles. The van der Waals surface area contributed by atoms with Crippen LogP contribution in [-0.2, 0) is 10.8 Å². The van der Waals surface area contributed by atoms with Crippen LogP contribution in [0.15, 0.2) is 18.2 Å². The number of aliphatic hydroxyl groups is 2. The third-order valence-corrected chi connectivity index (χ3v) is 10.5. The summed E-state index contributed by atoms with van der Waals surface area (Å²) in [4.78, 5) is 12.9. The molecule has 4 nitrogen and oxygen atoms in total. The summed E-state index contributed by atoms with van der Waals surface area (Å²) >= 11 is 0. The van der Waals surface area contributed by atoms with Gasteiger partial charge in [0.15, 0.2) is 0 Å². The minimum atomic E-state index is -0.809. The summed E-state index contributed by atoms with van der Waals surface area (Å²) < 4.78 is 0. The summed E-state index contributed by atoms with van der Waals surface area (Å²) in [7, 11) is 0. The average molecular weight is 423 g/mol. The number of hydrogen-bond donors (Lipinski definition) is 3. The molecule has 1 aromatic carbocycles. The van der Waals surface area contributed by atoms with Crippen LogP contribution in [0.5, 0.6) is 0 Å². The SMILES string of the molecule is O=C(O)c1c(C23CC4CC(CC(O)(C4)C2)C3)cccc1C12CC3CC(CC(O)(C3)C1)C2. The van der Waals surface area contributed by atoms with Crippen LogP contribution in [0, 0.1) is 23.7 Å². The van der Waals surface area contributed by atoms with Crippen molar-refractivity contribution >= 4 is 5.97 Å². The van der Waals surface area contributed by atoms with E-state index >= 15 is 0 Å². The van der Waals surface area contributed by atoms with Crippen molar-refractivity contribution in [3.8, 4) is 0 Å². The first kappa shape index (κ1) is 19.1. The third kappa shape index (κ3) is 2.58. The smallest absolute Gasteiger partial charge is 0.336 e. The van der Waals surface area contributed by atoms with Crippen molar-refractivity contribution in [2.24, 2.45) is 23.7 Å². The Bertz CT molecular complexity index is 883. The van der Waals surface area contributed by atoms with Crippen molar-refractivity contribution in [2.45, 2.75) is 99.1 Å². The van der Waals surface area contributed by atoms with Crippen LogP contribution in [0.2, 0.25) is 0 Å². The summed E-state index contributed by atoms with van der Waals surface area (Å²) in [5, 5.41) is 33.2. The summed E-state index contributed by atoms with van der Waals surface area (Å²) in [6.07, 6.45) is 11.5. The van der Waals surface area contributed by atoms with E-state index in [4.69, 9.17) is 0 Å². The molecule has 9 rings (SSSR count). The van der Waals surface area contributed by atoms with Gasteiger partial charge in [-0.1, -0.05) is 18.2 Å². The number of rotatable bonds is 3. The van der Waals surface area contributed by atoms with Gasteiger partial charge >= 0.3 is 5.97 Å². The maximum Gasteiger partial charge on any atom is 0.336 e. The normalized spacial score (nSPS) is 51.4. The summed E-state index contributed by atoms with van der Waals surface area (Å²) in [6, 6.07) is 6.22. The minimum absolute atomic E-state index is 0.193. The van der Waals surface area contributed by atoms with Gasteiger partial charge in [0.05, 0.1) is 16.8 Å². The topological polar surface area (TPSA) is 77.8 Å². The molecule has 1 aromatic rings. The minimum Gasteiger partial charge on any atom is -0.478 e. The van der Waals surface area contributed by atoms with E-state index in [0.29, 0.717) is 29.2 Å². The van der Waals surface area contributed by atoms with E-state index in [1.165, 1.54) is 12.8 Å². The lowest BCUT2D eigenvalue weighted by Crippen LogP contribution is -2.59. The molecular weight excluding hydrogens is 388 g/mol. The summed E-state index contributed by atoms with van der Waals surface area (Å²) in [6.45, 7) is 0. The molecule has 0 aromatic heterocycles. The molecule has 4 atom stereocenters. The number of aromatic carboxylic acids is 1. The van der Waals surface area contributed by atoms with E-state index in [0.717, 1.165) is 75.3 Å². The number of benzene rings is 1. The zero-order valence-corrected chi connectivity index (χ0v) is 18.3. The van der Waals surface area contributed by atoms with Gasteiger partial charge in [-0.05, 0) is 123 Å². The van der Waals surface area contributed by atoms with E-state index in [-0.39, 0.29) is 10.8 Å². The maximum absolute atomic E-state index is 12.9. The number of hydrogen-bond acceptors (Lipinski definition) is 3. The molecule has 0 radical (unpaired) electrons. The molecule has 0 spiro atoms. The Morgan fingerprint density at radius 2 is 1.10 bits per heavy atom. The second-order valence-corrected chi connectivity index (χ2v) is 13.0. The Morgan fingerprint density at radius 1 is 0.710 bits per heavy atom. The van der Waals surface area contributed by atoms with Gasteiger partial charge in [-0.2, -0.15) is 0 Å². The van der Waals surface area contributed by atoms with Crippen LogP contribution in [0.1, 0.15) is 98.5 Å². The van der Waals surface area contributed by atoms with Gasteiger partial charge in [-0.25, -0.2) is 4.79 Å². The molecule has 0 aliphatic heterocycles. The van der Waals surface area contributed by atoms with E-state index < -0.39 is 17.2 Å². The van der Waals surface area contributed by atoms with Crippen LogP contribution in [-0.4, -0.2) is 32.5 Å². The fourth-order valence-corrected chi connectivity index (χ4v) is 10.7. The first-order valence-corrected chi connectivity index (χ1v) is 12.5. The quantitative estimate of drug-likeness (QED) is 0.668. The molecule has 0 saturated heterocycles. The van der Waals surface area contributed by atoms with Crippen molar-refractivity contribution in [3.05, 3.63) is 34.9 Å². The zero-order valence-electron chi connectivity index (χ0n) is 18.3. The largest absolute Gasteiger partial charge is 0.478 e. The highest BCUT2D eigenvalue weighted by Crippen LogP contribution is 2.65. The standard InChI is InChI=1S/C27H34O4/c28-23(29)22-20(24-6-16-4-17(7-24)11-26(30,10-16)14-24)2-1-3-21(22)25-8-18-5-19(9-25)13-27(31,12-18)15-25/h1-3,16-19,30-31H,4-15H2,(H,28,29). The third-order valence-electron chi connectivity index (χ3n) is 10.5. The first-order chi connectivity index (χ1) is 14.7. The lowest BCUT2D eigenvalue weighted by Gasteiger charge is -2.62.